The molecule has 17 heteroatoms. The maximum Gasteiger partial charge on any atom is 0.459 e. The Kier molecular flexibility index (Phi) is 10.1. The van der Waals surface area contributed by atoms with E-state index in [4.69, 9.17) is 33.7 Å². The molecule has 1 aromatic carbocycles. The summed E-state index contributed by atoms with van der Waals surface area (Å²) in [6, 6.07) is 11.8. The maximum absolute atomic E-state index is 14.1. The summed E-state index contributed by atoms with van der Waals surface area (Å²) in [5.74, 6) is -2.04. The van der Waals surface area contributed by atoms with Gasteiger partial charge in [-0.2, -0.15) is 15.4 Å². The summed E-state index contributed by atoms with van der Waals surface area (Å²) < 4.78 is 49.3. The number of hydrogen-bond donors (Lipinski definition) is 2. The standard InChI is InChI=1S/C28H33N6O10P/c1-5-22(35)42-26-27(14-29,15-41-45(38,33-18(3)25(37)39-4)44-19-10-8-7-9-11-19)40-16-28(26,43-23(36)6-2)21-13-12-20-24(30)31-17-32-34(20)21/h7-13,17-18,26H,5-6,15-16H2,1-4H3,(H,33,38)(H2,30,31,32)/t18-,26+,27+,28+,45-/m0/s1. The van der Waals surface area contributed by atoms with Gasteiger partial charge in [-0.15, -0.1) is 0 Å². The predicted molar refractivity (Wildman–Crippen MR) is 155 cm³/mol. The molecule has 0 spiro atoms. The zero-order valence-electron chi connectivity index (χ0n) is 25.0. The first-order valence-corrected chi connectivity index (χ1v) is 15.4. The van der Waals surface area contributed by atoms with Crippen molar-refractivity contribution in [1.29, 1.82) is 5.26 Å². The lowest BCUT2D eigenvalue weighted by atomic mass is 9.85. The van der Waals surface area contributed by atoms with Crippen LogP contribution in [-0.4, -0.2) is 70.6 Å². The Hall–Kier alpha value is -4.55. The first-order chi connectivity index (χ1) is 21.5. The molecule has 45 heavy (non-hydrogen) atoms. The Morgan fingerprint density at radius 1 is 1.20 bits per heavy atom. The molecule has 1 saturated heterocycles. The molecule has 3 aromatic rings. The van der Waals surface area contributed by atoms with Crippen LogP contribution in [0.1, 0.15) is 39.3 Å². The number of hydrogen-bond acceptors (Lipinski definition) is 14. The summed E-state index contributed by atoms with van der Waals surface area (Å²) in [5, 5.41) is 17.3. The van der Waals surface area contributed by atoms with E-state index in [-0.39, 0.29) is 30.1 Å². The van der Waals surface area contributed by atoms with Gasteiger partial charge < -0.3 is 29.2 Å². The van der Waals surface area contributed by atoms with E-state index in [0.29, 0.717) is 5.52 Å². The molecule has 5 atom stereocenters. The number of nitriles is 1. The number of ether oxygens (including phenoxy) is 4. The third-order valence-corrected chi connectivity index (χ3v) is 8.57. The van der Waals surface area contributed by atoms with Crippen LogP contribution in [0.15, 0.2) is 48.8 Å². The highest BCUT2D eigenvalue weighted by Gasteiger charge is 2.67. The third kappa shape index (κ3) is 6.76. The van der Waals surface area contributed by atoms with Crippen LogP contribution in [0.5, 0.6) is 5.75 Å². The fourth-order valence-electron chi connectivity index (χ4n) is 4.66. The number of esters is 3. The van der Waals surface area contributed by atoms with E-state index in [0.717, 1.165) is 7.11 Å². The number of fused-ring (bicyclic) bond motifs is 1. The van der Waals surface area contributed by atoms with E-state index in [1.807, 2.05) is 6.07 Å². The van der Waals surface area contributed by atoms with Gasteiger partial charge in [0, 0.05) is 12.8 Å². The molecule has 240 valence electrons. The summed E-state index contributed by atoms with van der Waals surface area (Å²) in [6.45, 7) is 3.10. The van der Waals surface area contributed by atoms with E-state index in [1.165, 1.54) is 42.9 Å². The summed E-state index contributed by atoms with van der Waals surface area (Å²) >= 11 is 0. The Balaban J connectivity index is 1.81. The minimum atomic E-state index is -4.49. The number of nitrogens with one attached hydrogen (secondary N) is 1. The van der Waals surface area contributed by atoms with Crippen molar-refractivity contribution in [2.24, 2.45) is 0 Å². The molecule has 3 heterocycles. The third-order valence-electron chi connectivity index (χ3n) is 6.94. The molecule has 3 N–H and O–H groups in total. The van der Waals surface area contributed by atoms with Crippen LogP contribution >= 0.6 is 7.75 Å². The SMILES string of the molecule is CCC(=O)O[C@@H]1[C@@](C#N)(CO[P@@](=O)(N[C@@H](C)C(=O)OC)Oc2ccccc2)OC[C@@]1(OC(=O)CC)c1ccc2c(N)ncnn12. The number of aromatic nitrogens is 3. The second-order valence-electron chi connectivity index (χ2n) is 9.94. The Morgan fingerprint density at radius 3 is 2.56 bits per heavy atom. The van der Waals surface area contributed by atoms with Crippen LogP contribution in [-0.2, 0) is 48.0 Å². The van der Waals surface area contributed by atoms with Gasteiger partial charge in [-0.1, -0.05) is 32.0 Å². The van der Waals surface area contributed by atoms with Crippen LogP contribution in [0.3, 0.4) is 0 Å². The average Bonchev–Trinajstić information content (AvgIpc) is 3.61. The van der Waals surface area contributed by atoms with Crippen molar-refractivity contribution in [2.45, 2.75) is 57.0 Å². The largest absolute Gasteiger partial charge is 0.468 e. The first-order valence-electron chi connectivity index (χ1n) is 13.9. The average molecular weight is 645 g/mol. The molecular formula is C28H33N6O10P. The smallest absolute Gasteiger partial charge is 0.459 e. The van der Waals surface area contributed by atoms with Gasteiger partial charge in [0.25, 0.3) is 0 Å². The zero-order valence-corrected chi connectivity index (χ0v) is 25.9. The highest BCUT2D eigenvalue weighted by Crippen LogP contribution is 2.50. The molecule has 1 aliphatic rings. The lowest BCUT2D eigenvalue weighted by Crippen LogP contribution is -2.55. The van der Waals surface area contributed by atoms with Gasteiger partial charge in [0.2, 0.25) is 11.2 Å². The number of carbonyl (C=O) groups is 3. The molecule has 0 unspecified atom stereocenters. The predicted octanol–water partition coefficient (Wildman–Crippen LogP) is 2.43. The van der Waals surface area contributed by atoms with E-state index in [1.54, 1.807) is 31.2 Å². The van der Waals surface area contributed by atoms with Gasteiger partial charge >= 0.3 is 25.7 Å². The van der Waals surface area contributed by atoms with Crippen LogP contribution < -0.4 is 15.3 Å². The van der Waals surface area contributed by atoms with E-state index in [2.05, 4.69) is 15.2 Å². The highest BCUT2D eigenvalue weighted by atomic mass is 31.2. The number of methoxy groups -OCH3 is 1. The molecule has 0 aliphatic carbocycles. The van der Waals surface area contributed by atoms with E-state index in [9.17, 15) is 24.2 Å². The molecule has 0 bridgehead atoms. The summed E-state index contributed by atoms with van der Waals surface area (Å²) in [5.41, 5.74) is 2.34. The number of carbonyl (C=O) groups excluding carboxylic acids is 3. The number of anilines is 1. The van der Waals surface area contributed by atoms with Crippen LogP contribution in [0.2, 0.25) is 0 Å². The number of nitrogens with two attached hydrogens (primary N) is 1. The van der Waals surface area contributed by atoms with Crippen molar-refractivity contribution < 1.29 is 46.9 Å². The topological polar surface area (TPSA) is 216 Å². The summed E-state index contributed by atoms with van der Waals surface area (Å²) in [4.78, 5) is 41.9. The van der Waals surface area contributed by atoms with Gasteiger partial charge in [-0.25, -0.2) is 14.1 Å². The lowest BCUT2D eigenvalue weighted by molar-refractivity contribution is -0.187. The number of benzene rings is 1. The van der Waals surface area contributed by atoms with Gasteiger partial charge in [0.1, 0.15) is 36.3 Å². The summed E-state index contributed by atoms with van der Waals surface area (Å²) in [6.07, 6.45) is -0.706. The number of nitrogens with zero attached hydrogens (tertiary/aromatic N) is 4. The first kappa shape index (κ1) is 33.3. The Labute approximate surface area is 258 Å². The number of para-hydroxylation sites is 1. The Bertz CT molecular complexity index is 1650. The molecular weight excluding hydrogens is 611 g/mol. The van der Waals surface area contributed by atoms with E-state index >= 15 is 0 Å². The van der Waals surface area contributed by atoms with Crippen molar-refractivity contribution in [3.05, 3.63) is 54.5 Å². The Morgan fingerprint density at radius 2 is 1.91 bits per heavy atom. The van der Waals surface area contributed by atoms with Crippen molar-refractivity contribution in [2.75, 3.05) is 26.1 Å². The van der Waals surface area contributed by atoms with Gasteiger partial charge in [0.15, 0.2) is 11.9 Å². The highest BCUT2D eigenvalue weighted by molar-refractivity contribution is 7.52. The zero-order chi connectivity index (χ0) is 32.8. The van der Waals surface area contributed by atoms with Crippen molar-refractivity contribution in [1.82, 2.24) is 19.7 Å². The maximum atomic E-state index is 14.1. The van der Waals surface area contributed by atoms with Crippen molar-refractivity contribution >= 4 is 37.0 Å². The molecule has 0 radical (unpaired) electrons. The monoisotopic (exact) mass is 644 g/mol. The fraction of sp³-hybridized carbons (Fsp3) is 0.429. The number of nitrogen functional groups attached to an aromatic ring is 1. The molecule has 16 nitrogen and oxygen atoms in total. The molecule has 2 aromatic heterocycles. The van der Waals surface area contributed by atoms with Gasteiger partial charge in [-0.3, -0.25) is 18.9 Å². The fourth-order valence-corrected chi connectivity index (χ4v) is 6.18. The summed E-state index contributed by atoms with van der Waals surface area (Å²) in [7, 11) is -3.35. The van der Waals surface area contributed by atoms with Crippen LogP contribution in [0.4, 0.5) is 5.82 Å². The van der Waals surface area contributed by atoms with Gasteiger partial charge in [-0.05, 0) is 31.2 Å². The molecule has 0 amide bonds. The molecule has 0 saturated carbocycles. The molecule has 1 aliphatic heterocycles. The quantitative estimate of drug-likeness (QED) is 0.155. The van der Waals surface area contributed by atoms with Crippen molar-refractivity contribution in [3.8, 4) is 11.8 Å². The van der Waals surface area contributed by atoms with Gasteiger partial charge in [0.05, 0.1) is 19.4 Å². The molecule has 4 rings (SSSR count). The number of rotatable bonds is 13. The van der Waals surface area contributed by atoms with Crippen molar-refractivity contribution in [3.63, 3.8) is 0 Å². The minimum absolute atomic E-state index is 0.0812. The molecule has 1 fully saturated rings. The second kappa shape index (κ2) is 13.6. The normalized spacial score (nSPS) is 23.0. The van der Waals surface area contributed by atoms with Crippen LogP contribution in [0, 0.1) is 11.3 Å². The second-order valence-corrected chi connectivity index (χ2v) is 11.6. The van der Waals surface area contributed by atoms with Crippen LogP contribution in [0.25, 0.3) is 5.52 Å². The van der Waals surface area contributed by atoms with E-state index < -0.39 is 62.2 Å². The minimum Gasteiger partial charge on any atom is -0.468 e. The lowest BCUT2D eigenvalue weighted by Gasteiger charge is -2.36.